The van der Waals surface area contributed by atoms with E-state index in [9.17, 15) is 22.8 Å². The van der Waals surface area contributed by atoms with Crippen LogP contribution in [0.1, 0.15) is 29.9 Å². The summed E-state index contributed by atoms with van der Waals surface area (Å²) < 4.78 is 43.7. The summed E-state index contributed by atoms with van der Waals surface area (Å²) in [5, 5.41) is 2.62. The van der Waals surface area contributed by atoms with E-state index in [0.29, 0.717) is 29.8 Å². The number of rotatable bonds is 6. The maximum absolute atomic E-state index is 12.8. The number of likely N-dealkylation sites (tertiary alicyclic amines) is 1. The van der Waals surface area contributed by atoms with Crippen molar-refractivity contribution < 1.29 is 32.3 Å². The van der Waals surface area contributed by atoms with Crippen LogP contribution in [0, 0.1) is 0 Å². The molecule has 172 valence electrons. The first-order chi connectivity index (χ1) is 15.3. The molecular formula is C22H24F3N3O4. The van der Waals surface area contributed by atoms with Gasteiger partial charge in [-0.1, -0.05) is 36.4 Å². The summed E-state index contributed by atoms with van der Waals surface area (Å²) in [6.07, 6.45) is -3.82. The van der Waals surface area contributed by atoms with Gasteiger partial charge in [-0.15, -0.1) is 0 Å². The molecule has 0 radical (unpaired) electrons. The molecule has 2 N–H and O–H groups in total. The monoisotopic (exact) mass is 451 g/mol. The number of hydrogen-bond acceptors (Lipinski definition) is 4. The Labute approximate surface area is 183 Å². The van der Waals surface area contributed by atoms with Crippen LogP contribution in [0.2, 0.25) is 0 Å². The molecule has 2 aromatic rings. The highest BCUT2D eigenvalue weighted by Gasteiger charge is 2.43. The largest absolute Gasteiger partial charge is 0.495 e. The number of nitrogens with one attached hydrogen (secondary N) is 2. The standard InChI is InChI=1S/C22H24F3N3O4/c1-31-19-10-9-16(17-8-5-11-28(13-17)20(29)22(23,24)25)12-18(19)26-21(30)27-32-14-15-6-3-2-4-7-15/h2-4,6-7,9-10,12,17H,5,8,11,13-14H2,1H3,(H2,26,27,30). The second-order valence-electron chi connectivity index (χ2n) is 7.38. The van der Waals surface area contributed by atoms with Crippen molar-refractivity contribution >= 4 is 17.6 Å². The van der Waals surface area contributed by atoms with Gasteiger partial charge in [-0.3, -0.25) is 9.63 Å². The Morgan fingerprint density at radius 1 is 1.16 bits per heavy atom. The number of anilines is 1. The number of urea groups is 1. The van der Waals surface area contributed by atoms with Crippen molar-refractivity contribution in [3.8, 4) is 5.75 Å². The summed E-state index contributed by atoms with van der Waals surface area (Å²) in [6.45, 7) is 0.199. The van der Waals surface area contributed by atoms with E-state index in [2.05, 4.69) is 10.8 Å². The Morgan fingerprint density at radius 2 is 1.91 bits per heavy atom. The van der Waals surface area contributed by atoms with Gasteiger partial charge in [0.15, 0.2) is 0 Å². The van der Waals surface area contributed by atoms with Crippen LogP contribution in [0.25, 0.3) is 0 Å². The highest BCUT2D eigenvalue weighted by molar-refractivity contribution is 5.90. The number of carbonyl (C=O) groups excluding carboxylic acids is 2. The summed E-state index contributed by atoms with van der Waals surface area (Å²) in [5.41, 5.74) is 4.20. The molecule has 1 aliphatic rings. The van der Waals surface area contributed by atoms with Crippen molar-refractivity contribution in [3.05, 3.63) is 59.7 Å². The first kappa shape index (κ1) is 23.4. The number of carbonyl (C=O) groups is 2. The summed E-state index contributed by atoms with van der Waals surface area (Å²) >= 11 is 0. The van der Waals surface area contributed by atoms with E-state index < -0.39 is 18.1 Å². The minimum atomic E-state index is -4.90. The van der Waals surface area contributed by atoms with Crippen molar-refractivity contribution in [2.75, 3.05) is 25.5 Å². The zero-order chi connectivity index (χ0) is 23.1. The Kier molecular flexibility index (Phi) is 7.57. The third-order valence-electron chi connectivity index (χ3n) is 5.14. The zero-order valence-electron chi connectivity index (χ0n) is 17.4. The highest BCUT2D eigenvalue weighted by atomic mass is 19.4. The number of hydrogen-bond donors (Lipinski definition) is 2. The smallest absolute Gasteiger partial charge is 0.471 e. The average Bonchev–Trinajstić information content (AvgIpc) is 2.78. The van der Waals surface area contributed by atoms with Crippen LogP contribution in [0.3, 0.4) is 0 Å². The minimum Gasteiger partial charge on any atom is -0.495 e. The number of hydroxylamine groups is 1. The van der Waals surface area contributed by atoms with Gasteiger partial charge in [0.1, 0.15) is 5.75 Å². The Hall–Kier alpha value is -3.27. The molecule has 0 saturated carbocycles. The fourth-order valence-corrected chi connectivity index (χ4v) is 3.60. The van der Waals surface area contributed by atoms with Gasteiger partial charge >= 0.3 is 18.1 Å². The van der Waals surface area contributed by atoms with E-state index in [1.54, 1.807) is 18.2 Å². The van der Waals surface area contributed by atoms with Gasteiger partial charge in [0, 0.05) is 19.0 Å². The lowest BCUT2D eigenvalue weighted by atomic mass is 9.90. The fraction of sp³-hybridized carbons (Fsp3) is 0.364. The SMILES string of the molecule is COc1ccc(C2CCCN(C(=O)C(F)(F)F)C2)cc1NC(=O)NOCc1ccccc1. The van der Waals surface area contributed by atoms with E-state index in [1.807, 2.05) is 30.3 Å². The van der Waals surface area contributed by atoms with Crippen molar-refractivity contribution in [2.45, 2.75) is 31.5 Å². The van der Waals surface area contributed by atoms with Gasteiger partial charge in [-0.25, -0.2) is 10.3 Å². The van der Waals surface area contributed by atoms with Crippen LogP contribution in [0.4, 0.5) is 23.7 Å². The van der Waals surface area contributed by atoms with Crippen LogP contribution in [0.5, 0.6) is 5.75 Å². The molecule has 1 saturated heterocycles. The molecule has 1 atom stereocenters. The molecule has 1 unspecified atom stereocenters. The number of piperidine rings is 1. The maximum atomic E-state index is 12.8. The lowest BCUT2D eigenvalue weighted by Gasteiger charge is -2.33. The number of amides is 3. The van der Waals surface area contributed by atoms with Gasteiger partial charge in [0.05, 0.1) is 19.4 Å². The summed E-state index contributed by atoms with van der Waals surface area (Å²) in [5.74, 6) is -1.74. The predicted octanol–water partition coefficient (Wildman–Crippen LogP) is 4.22. The Bertz CT molecular complexity index is 938. The van der Waals surface area contributed by atoms with E-state index in [0.717, 1.165) is 10.5 Å². The van der Waals surface area contributed by atoms with Crippen LogP contribution < -0.4 is 15.5 Å². The molecule has 10 heteroatoms. The molecule has 0 bridgehead atoms. The third-order valence-corrected chi connectivity index (χ3v) is 5.14. The fourth-order valence-electron chi connectivity index (χ4n) is 3.60. The van der Waals surface area contributed by atoms with E-state index in [4.69, 9.17) is 9.57 Å². The quantitative estimate of drug-likeness (QED) is 0.645. The Balaban J connectivity index is 1.64. The molecule has 2 aromatic carbocycles. The first-order valence-electron chi connectivity index (χ1n) is 10.0. The van der Waals surface area contributed by atoms with E-state index in [1.165, 1.54) is 7.11 Å². The number of benzene rings is 2. The topological polar surface area (TPSA) is 79.9 Å². The molecule has 1 fully saturated rings. The molecular weight excluding hydrogens is 427 g/mol. The van der Waals surface area contributed by atoms with E-state index >= 15 is 0 Å². The molecule has 7 nitrogen and oxygen atoms in total. The number of alkyl halides is 3. The van der Waals surface area contributed by atoms with Gasteiger partial charge < -0.3 is 15.0 Å². The van der Waals surface area contributed by atoms with Crippen molar-refractivity contribution in [3.63, 3.8) is 0 Å². The average molecular weight is 451 g/mol. The molecule has 1 heterocycles. The van der Waals surface area contributed by atoms with Gasteiger partial charge in [-0.2, -0.15) is 13.2 Å². The van der Waals surface area contributed by atoms with Crippen molar-refractivity contribution in [2.24, 2.45) is 0 Å². The number of ether oxygens (including phenoxy) is 1. The lowest BCUT2D eigenvalue weighted by Crippen LogP contribution is -2.45. The predicted molar refractivity (Wildman–Crippen MR) is 111 cm³/mol. The molecule has 0 spiro atoms. The zero-order valence-corrected chi connectivity index (χ0v) is 17.4. The molecule has 0 aliphatic carbocycles. The first-order valence-corrected chi connectivity index (χ1v) is 10.0. The highest BCUT2D eigenvalue weighted by Crippen LogP contribution is 2.34. The van der Waals surface area contributed by atoms with Crippen molar-refractivity contribution in [1.29, 1.82) is 0 Å². The number of halogens is 3. The van der Waals surface area contributed by atoms with Crippen molar-refractivity contribution in [1.82, 2.24) is 10.4 Å². The second kappa shape index (κ2) is 10.4. The molecule has 3 rings (SSSR count). The normalized spacial score (nSPS) is 16.4. The van der Waals surface area contributed by atoms with Crippen LogP contribution in [-0.2, 0) is 16.2 Å². The van der Waals surface area contributed by atoms with Gasteiger partial charge in [0.25, 0.3) is 0 Å². The number of methoxy groups -OCH3 is 1. The summed E-state index contributed by atoms with van der Waals surface area (Å²) in [7, 11) is 1.44. The van der Waals surface area contributed by atoms with Crippen LogP contribution in [-0.4, -0.2) is 43.2 Å². The molecule has 0 aromatic heterocycles. The Morgan fingerprint density at radius 3 is 2.59 bits per heavy atom. The van der Waals surface area contributed by atoms with Crippen LogP contribution in [0.15, 0.2) is 48.5 Å². The summed E-state index contributed by atoms with van der Waals surface area (Å²) in [4.78, 5) is 29.9. The van der Waals surface area contributed by atoms with Gasteiger partial charge in [-0.05, 0) is 36.1 Å². The molecule has 1 aliphatic heterocycles. The minimum absolute atomic E-state index is 0.0451. The van der Waals surface area contributed by atoms with E-state index in [-0.39, 0.29) is 25.6 Å². The van der Waals surface area contributed by atoms with Gasteiger partial charge in [0.2, 0.25) is 0 Å². The lowest BCUT2D eigenvalue weighted by molar-refractivity contribution is -0.186. The maximum Gasteiger partial charge on any atom is 0.471 e. The summed E-state index contributed by atoms with van der Waals surface area (Å²) in [6, 6.07) is 13.6. The third kappa shape index (κ3) is 6.13. The molecule has 32 heavy (non-hydrogen) atoms. The second-order valence-corrected chi connectivity index (χ2v) is 7.38. The number of nitrogens with zero attached hydrogens (tertiary/aromatic N) is 1. The molecule has 3 amide bonds. The van der Waals surface area contributed by atoms with Crippen LogP contribution >= 0.6 is 0 Å².